The van der Waals surface area contributed by atoms with Crippen LogP contribution in [0.3, 0.4) is 0 Å². The van der Waals surface area contributed by atoms with E-state index in [9.17, 15) is 9.59 Å². The van der Waals surface area contributed by atoms with Crippen LogP contribution in [0.4, 0.5) is 5.69 Å². The first kappa shape index (κ1) is 16.5. The summed E-state index contributed by atoms with van der Waals surface area (Å²) in [6.07, 6.45) is 0. The van der Waals surface area contributed by atoms with E-state index in [-0.39, 0.29) is 24.4 Å². The third-order valence-corrected chi connectivity index (χ3v) is 4.31. The van der Waals surface area contributed by atoms with Gasteiger partial charge in [0.15, 0.2) is 0 Å². The van der Waals surface area contributed by atoms with Crippen LogP contribution >= 0.6 is 11.6 Å². The number of rotatable bonds is 2. The quantitative estimate of drug-likeness (QED) is 0.842. The molecule has 0 radical (unpaired) electrons. The van der Waals surface area contributed by atoms with Crippen LogP contribution in [0.15, 0.2) is 42.5 Å². The van der Waals surface area contributed by atoms with Gasteiger partial charge >= 0.3 is 0 Å². The number of halogens is 1. The van der Waals surface area contributed by atoms with Crippen LogP contribution < -0.4 is 4.90 Å². The molecule has 1 fully saturated rings. The monoisotopic (exact) mass is 343 g/mol. The van der Waals surface area contributed by atoms with Crippen molar-refractivity contribution in [1.82, 2.24) is 9.88 Å². The van der Waals surface area contributed by atoms with Crippen molar-refractivity contribution in [2.45, 2.75) is 19.9 Å². The summed E-state index contributed by atoms with van der Waals surface area (Å²) in [4.78, 5) is 32.7. The Morgan fingerprint density at radius 3 is 2.71 bits per heavy atom. The van der Waals surface area contributed by atoms with E-state index >= 15 is 0 Å². The van der Waals surface area contributed by atoms with Gasteiger partial charge < -0.3 is 9.80 Å². The molecule has 0 aliphatic carbocycles. The number of anilines is 1. The van der Waals surface area contributed by atoms with Gasteiger partial charge in [-0.2, -0.15) is 0 Å². The van der Waals surface area contributed by atoms with Crippen LogP contribution in [0.2, 0.25) is 5.02 Å². The minimum absolute atomic E-state index is 0.0299. The Morgan fingerprint density at radius 2 is 2.00 bits per heavy atom. The number of carbonyl (C=O) groups excluding carboxylic acids is 2. The van der Waals surface area contributed by atoms with Crippen molar-refractivity contribution in [3.8, 4) is 0 Å². The summed E-state index contributed by atoms with van der Waals surface area (Å²) in [5, 5.41) is 0.579. The molecule has 0 unspecified atom stereocenters. The highest BCUT2D eigenvalue weighted by molar-refractivity contribution is 6.30. The smallest absolute Gasteiger partial charge is 0.273 e. The highest BCUT2D eigenvalue weighted by atomic mass is 35.5. The zero-order valence-corrected chi connectivity index (χ0v) is 14.3. The Morgan fingerprint density at radius 1 is 1.25 bits per heavy atom. The largest absolute Gasteiger partial charge is 0.323 e. The second kappa shape index (κ2) is 6.61. The normalized spacial score (nSPS) is 18.0. The Hall–Kier alpha value is -2.40. The third kappa shape index (κ3) is 3.26. The van der Waals surface area contributed by atoms with Crippen molar-refractivity contribution >= 4 is 29.1 Å². The minimum Gasteiger partial charge on any atom is -0.323 e. The fraction of sp³-hybridized carbons (Fsp3) is 0.278. The zero-order chi connectivity index (χ0) is 17.3. The molecule has 1 aliphatic rings. The number of amides is 2. The van der Waals surface area contributed by atoms with Gasteiger partial charge in [0.05, 0.1) is 0 Å². The summed E-state index contributed by atoms with van der Waals surface area (Å²) in [7, 11) is 0. The van der Waals surface area contributed by atoms with Gasteiger partial charge in [-0.1, -0.05) is 23.7 Å². The van der Waals surface area contributed by atoms with Gasteiger partial charge in [-0.3, -0.25) is 9.59 Å². The van der Waals surface area contributed by atoms with Crippen molar-refractivity contribution in [3.05, 3.63) is 58.9 Å². The maximum absolute atomic E-state index is 12.7. The summed E-state index contributed by atoms with van der Waals surface area (Å²) < 4.78 is 0. The van der Waals surface area contributed by atoms with Crippen LogP contribution in [0.25, 0.3) is 0 Å². The second-order valence-corrected chi connectivity index (χ2v) is 6.37. The van der Waals surface area contributed by atoms with Gasteiger partial charge in [-0.15, -0.1) is 0 Å². The molecule has 2 heterocycles. The topological polar surface area (TPSA) is 53.5 Å². The highest BCUT2D eigenvalue weighted by Crippen LogP contribution is 2.24. The molecule has 0 saturated carbocycles. The first-order valence-electron chi connectivity index (χ1n) is 7.76. The van der Waals surface area contributed by atoms with E-state index in [1.165, 1.54) is 0 Å². The lowest BCUT2D eigenvalue weighted by atomic mass is 10.1. The van der Waals surface area contributed by atoms with E-state index < -0.39 is 0 Å². The highest BCUT2D eigenvalue weighted by Gasteiger charge is 2.34. The standard InChI is InChI=1S/C18H18ClN3O2/c1-12-5-3-8-16(20-12)18(24)21-11-17(23)22(10-13(21)2)15-7-4-6-14(19)9-15/h3-9,13H,10-11H2,1-2H3/t13-/m1/s1. The van der Waals surface area contributed by atoms with Gasteiger partial charge in [0.2, 0.25) is 5.91 Å². The molecule has 1 aromatic heterocycles. The number of piperazine rings is 1. The zero-order valence-electron chi connectivity index (χ0n) is 13.6. The predicted octanol–water partition coefficient (Wildman–Crippen LogP) is 2.92. The molecule has 1 aliphatic heterocycles. The molecule has 3 rings (SSSR count). The molecule has 2 amide bonds. The first-order valence-corrected chi connectivity index (χ1v) is 8.14. The Bertz CT molecular complexity index is 793. The molecule has 24 heavy (non-hydrogen) atoms. The van der Waals surface area contributed by atoms with Gasteiger partial charge in [0, 0.05) is 29.0 Å². The first-order chi connectivity index (χ1) is 11.5. The van der Waals surface area contributed by atoms with E-state index in [1.807, 2.05) is 32.0 Å². The summed E-state index contributed by atoms with van der Waals surface area (Å²) in [6, 6.07) is 12.4. The molecular formula is C18H18ClN3O2. The number of aromatic nitrogens is 1. The predicted molar refractivity (Wildman–Crippen MR) is 93.3 cm³/mol. The number of benzene rings is 1. The molecule has 1 aromatic carbocycles. The second-order valence-electron chi connectivity index (χ2n) is 5.93. The van der Waals surface area contributed by atoms with Crippen molar-refractivity contribution < 1.29 is 9.59 Å². The van der Waals surface area contributed by atoms with Gasteiger partial charge in [0.1, 0.15) is 12.2 Å². The Labute approximate surface area is 145 Å². The molecule has 1 saturated heterocycles. The van der Waals surface area contributed by atoms with Crippen LogP contribution in [0.1, 0.15) is 23.1 Å². The van der Waals surface area contributed by atoms with E-state index in [4.69, 9.17) is 11.6 Å². The van der Waals surface area contributed by atoms with Crippen molar-refractivity contribution in [2.24, 2.45) is 0 Å². The number of nitrogens with zero attached hydrogens (tertiary/aromatic N) is 3. The lowest BCUT2D eigenvalue weighted by molar-refractivity contribution is -0.121. The van der Waals surface area contributed by atoms with Gasteiger partial charge in [-0.25, -0.2) is 4.98 Å². The molecule has 0 bridgehead atoms. The number of hydrogen-bond acceptors (Lipinski definition) is 3. The number of hydrogen-bond donors (Lipinski definition) is 0. The summed E-state index contributed by atoms with van der Waals surface area (Å²) in [6.45, 7) is 4.22. The molecule has 2 aromatic rings. The molecule has 124 valence electrons. The number of pyridine rings is 1. The molecule has 0 N–H and O–H groups in total. The molecule has 0 spiro atoms. The van der Waals surface area contributed by atoms with E-state index in [0.29, 0.717) is 17.3 Å². The van der Waals surface area contributed by atoms with Crippen LogP contribution in [-0.4, -0.2) is 40.8 Å². The van der Waals surface area contributed by atoms with Crippen molar-refractivity contribution in [1.29, 1.82) is 0 Å². The average molecular weight is 344 g/mol. The molecule has 1 atom stereocenters. The third-order valence-electron chi connectivity index (χ3n) is 4.07. The lowest BCUT2D eigenvalue weighted by Gasteiger charge is -2.39. The van der Waals surface area contributed by atoms with Crippen molar-refractivity contribution in [3.63, 3.8) is 0 Å². The average Bonchev–Trinajstić information content (AvgIpc) is 2.56. The Kier molecular flexibility index (Phi) is 4.53. The number of aryl methyl sites for hydroxylation is 1. The molecular weight excluding hydrogens is 326 g/mol. The Balaban J connectivity index is 1.80. The maximum atomic E-state index is 12.7. The minimum atomic E-state index is -0.217. The van der Waals surface area contributed by atoms with Crippen LogP contribution in [0, 0.1) is 6.92 Å². The van der Waals surface area contributed by atoms with Gasteiger partial charge in [0.25, 0.3) is 5.91 Å². The van der Waals surface area contributed by atoms with Crippen molar-refractivity contribution in [2.75, 3.05) is 18.0 Å². The fourth-order valence-electron chi connectivity index (χ4n) is 2.83. The summed E-state index contributed by atoms with van der Waals surface area (Å²) in [5.41, 5.74) is 1.89. The fourth-order valence-corrected chi connectivity index (χ4v) is 3.01. The van der Waals surface area contributed by atoms with E-state index in [1.54, 1.807) is 34.1 Å². The van der Waals surface area contributed by atoms with Gasteiger partial charge in [-0.05, 0) is 44.2 Å². The summed E-state index contributed by atoms with van der Waals surface area (Å²) in [5.74, 6) is -0.346. The summed E-state index contributed by atoms with van der Waals surface area (Å²) >= 11 is 6.01. The van der Waals surface area contributed by atoms with E-state index in [0.717, 1.165) is 11.4 Å². The molecule has 5 nitrogen and oxygen atoms in total. The maximum Gasteiger partial charge on any atom is 0.273 e. The van der Waals surface area contributed by atoms with Crippen LogP contribution in [0.5, 0.6) is 0 Å². The number of carbonyl (C=O) groups is 2. The van der Waals surface area contributed by atoms with E-state index in [2.05, 4.69) is 4.98 Å². The molecule has 6 heteroatoms. The van der Waals surface area contributed by atoms with Crippen LogP contribution in [-0.2, 0) is 4.79 Å². The SMILES string of the molecule is Cc1cccc(C(=O)N2CC(=O)N(c3cccc(Cl)c3)C[C@H]2C)n1. The lowest BCUT2D eigenvalue weighted by Crippen LogP contribution is -2.57.